The predicted molar refractivity (Wildman–Crippen MR) is 100 cm³/mol. The lowest BCUT2D eigenvalue weighted by Crippen LogP contribution is -2.34. The quantitative estimate of drug-likeness (QED) is 0.771. The predicted octanol–water partition coefficient (Wildman–Crippen LogP) is 2.52. The van der Waals surface area contributed by atoms with Crippen molar-refractivity contribution in [3.05, 3.63) is 58.6 Å². The lowest BCUT2D eigenvalue weighted by atomic mass is 10.2. The molecule has 2 aromatic heterocycles. The van der Waals surface area contributed by atoms with Gasteiger partial charge in [-0.25, -0.2) is 14.6 Å². The minimum atomic E-state index is -0.139. The average Bonchev–Trinajstić information content (AvgIpc) is 3.20. The van der Waals surface area contributed by atoms with Gasteiger partial charge in [-0.2, -0.15) is 0 Å². The van der Waals surface area contributed by atoms with Crippen LogP contribution in [0, 0.1) is 6.92 Å². The highest BCUT2D eigenvalue weighted by molar-refractivity contribution is 5.89. The smallest absolute Gasteiger partial charge is 0.322 e. The molecule has 26 heavy (non-hydrogen) atoms. The Labute approximate surface area is 150 Å². The number of imidazole rings is 1. The number of benzene rings is 1. The van der Waals surface area contributed by atoms with Gasteiger partial charge in [-0.3, -0.25) is 9.13 Å². The molecular weight excluding hydrogens is 330 g/mol. The van der Waals surface area contributed by atoms with E-state index in [1.807, 2.05) is 43.3 Å². The lowest BCUT2D eigenvalue weighted by molar-refractivity contribution is 0.221. The number of carbonyl (C=O) groups is 1. The maximum atomic E-state index is 12.6. The van der Waals surface area contributed by atoms with Crippen molar-refractivity contribution in [1.29, 1.82) is 0 Å². The number of nitrogens with one attached hydrogen (secondary N) is 1. The zero-order chi connectivity index (χ0) is 18.3. The van der Waals surface area contributed by atoms with Crippen LogP contribution >= 0.6 is 0 Å². The van der Waals surface area contributed by atoms with Gasteiger partial charge >= 0.3 is 11.7 Å². The van der Waals surface area contributed by atoms with Crippen LogP contribution in [-0.4, -0.2) is 38.1 Å². The molecule has 4 rings (SSSR count). The van der Waals surface area contributed by atoms with Gasteiger partial charge in [0.15, 0.2) is 5.65 Å². The van der Waals surface area contributed by atoms with Gasteiger partial charge in [-0.1, -0.05) is 12.1 Å². The summed E-state index contributed by atoms with van der Waals surface area (Å²) in [5.41, 5.74) is 3.26. The van der Waals surface area contributed by atoms with Gasteiger partial charge in [0, 0.05) is 32.0 Å². The van der Waals surface area contributed by atoms with Crippen LogP contribution in [0.4, 0.5) is 10.5 Å². The first-order valence-corrected chi connectivity index (χ1v) is 8.69. The third-order valence-electron chi connectivity index (χ3n) is 4.93. The maximum Gasteiger partial charge on any atom is 0.330 e. The van der Waals surface area contributed by atoms with Crippen molar-refractivity contribution in [2.75, 3.05) is 18.4 Å². The summed E-state index contributed by atoms with van der Waals surface area (Å²) in [6.07, 6.45) is 2.42. The number of nitrogens with zero attached hydrogens (tertiary/aromatic N) is 4. The summed E-state index contributed by atoms with van der Waals surface area (Å²) in [6.45, 7) is 3.09. The third kappa shape index (κ3) is 2.75. The van der Waals surface area contributed by atoms with E-state index in [9.17, 15) is 9.59 Å². The first-order valence-electron chi connectivity index (χ1n) is 8.69. The van der Waals surface area contributed by atoms with Crippen molar-refractivity contribution >= 4 is 22.9 Å². The monoisotopic (exact) mass is 351 g/mol. The van der Waals surface area contributed by atoms with E-state index in [0.29, 0.717) is 18.7 Å². The summed E-state index contributed by atoms with van der Waals surface area (Å²) >= 11 is 0. The second-order valence-electron chi connectivity index (χ2n) is 6.75. The number of aromatic nitrogens is 3. The standard InChI is InChI=1S/C19H21N5O2/c1-13-5-3-6-14(11-13)21-18(25)23-10-8-15(12-23)24-17-16(7-4-9-20-17)22(2)19(24)26/h3-7,9,11,15H,8,10,12H2,1-2H3,(H,21,25)/t15-/m0/s1. The highest BCUT2D eigenvalue weighted by Crippen LogP contribution is 2.24. The zero-order valence-electron chi connectivity index (χ0n) is 14.8. The van der Waals surface area contributed by atoms with E-state index in [-0.39, 0.29) is 17.8 Å². The third-order valence-corrected chi connectivity index (χ3v) is 4.93. The zero-order valence-corrected chi connectivity index (χ0v) is 14.8. The second kappa shape index (κ2) is 6.33. The van der Waals surface area contributed by atoms with Gasteiger partial charge in [0.25, 0.3) is 0 Å². The largest absolute Gasteiger partial charge is 0.330 e. The molecule has 0 unspecified atom stereocenters. The maximum absolute atomic E-state index is 12.6. The number of pyridine rings is 1. The first kappa shape index (κ1) is 16.4. The van der Waals surface area contributed by atoms with Crippen molar-refractivity contribution in [2.45, 2.75) is 19.4 Å². The minimum absolute atomic E-state index is 0.0654. The van der Waals surface area contributed by atoms with E-state index in [1.165, 1.54) is 0 Å². The molecule has 0 aliphatic carbocycles. The summed E-state index contributed by atoms with van der Waals surface area (Å²) < 4.78 is 3.33. The Morgan fingerprint density at radius 3 is 2.92 bits per heavy atom. The lowest BCUT2D eigenvalue weighted by Gasteiger charge is -2.18. The fourth-order valence-corrected chi connectivity index (χ4v) is 3.58. The number of fused-ring (bicyclic) bond motifs is 1. The van der Waals surface area contributed by atoms with Crippen LogP contribution in [0.2, 0.25) is 0 Å². The molecule has 1 atom stereocenters. The van der Waals surface area contributed by atoms with E-state index in [4.69, 9.17) is 0 Å². The molecule has 2 amide bonds. The van der Waals surface area contributed by atoms with E-state index < -0.39 is 0 Å². The first-order chi connectivity index (χ1) is 12.5. The fourth-order valence-electron chi connectivity index (χ4n) is 3.58. The molecule has 3 heterocycles. The van der Waals surface area contributed by atoms with Gasteiger partial charge in [0.2, 0.25) is 0 Å². The normalized spacial score (nSPS) is 17.0. The number of likely N-dealkylation sites (tertiary alicyclic amines) is 1. The fraction of sp³-hybridized carbons (Fsp3) is 0.316. The highest BCUT2D eigenvalue weighted by Gasteiger charge is 2.30. The molecule has 0 saturated carbocycles. The van der Waals surface area contributed by atoms with Gasteiger partial charge in [-0.15, -0.1) is 0 Å². The summed E-state index contributed by atoms with van der Waals surface area (Å²) in [5.74, 6) is 0. The molecule has 3 aromatic rings. The Bertz CT molecular complexity index is 1040. The SMILES string of the molecule is Cc1cccc(NC(=O)N2CC[C@H](n3c(=O)n(C)c4cccnc43)C2)c1. The number of anilines is 1. The van der Waals surface area contributed by atoms with Crippen LogP contribution in [0.15, 0.2) is 47.4 Å². The molecule has 134 valence electrons. The second-order valence-corrected chi connectivity index (χ2v) is 6.75. The minimum Gasteiger partial charge on any atom is -0.322 e. The summed E-state index contributed by atoms with van der Waals surface area (Å²) in [4.78, 5) is 31.3. The van der Waals surface area contributed by atoms with E-state index in [0.717, 1.165) is 23.2 Å². The van der Waals surface area contributed by atoms with Gasteiger partial charge in [-0.05, 0) is 43.2 Å². The topological polar surface area (TPSA) is 72.2 Å². The van der Waals surface area contributed by atoms with Gasteiger partial charge in [0.1, 0.15) is 0 Å². The molecular formula is C19H21N5O2. The van der Waals surface area contributed by atoms with E-state index in [1.54, 1.807) is 27.3 Å². The van der Waals surface area contributed by atoms with Crippen LogP contribution in [0.5, 0.6) is 0 Å². The van der Waals surface area contributed by atoms with Crippen molar-refractivity contribution in [3.8, 4) is 0 Å². The molecule has 7 nitrogen and oxygen atoms in total. The Balaban J connectivity index is 1.55. The molecule has 7 heteroatoms. The molecule has 0 spiro atoms. The number of rotatable bonds is 2. The van der Waals surface area contributed by atoms with Gasteiger partial charge < -0.3 is 10.2 Å². The number of hydrogen-bond donors (Lipinski definition) is 1. The Hall–Kier alpha value is -3.09. The molecule has 1 aliphatic heterocycles. The molecule has 1 N–H and O–H groups in total. The van der Waals surface area contributed by atoms with Crippen molar-refractivity contribution in [1.82, 2.24) is 19.0 Å². The van der Waals surface area contributed by atoms with Crippen molar-refractivity contribution < 1.29 is 4.79 Å². The van der Waals surface area contributed by atoms with Crippen LogP contribution in [0.25, 0.3) is 11.2 Å². The Morgan fingerprint density at radius 2 is 2.12 bits per heavy atom. The van der Waals surface area contributed by atoms with Crippen LogP contribution in [0.3, 0.4) is 0 Å². The Kier molecular flexibility index (Phi) is 3.99. The molecule has 1 fully saturated rings. The Morgan fingerprint density at radius 1 is 1.27 bits per heavy atom. The number of aryl methyl sites for hydroxylation is 2. The summed E-state index contributed by atoms with van der Waals surface area (Å²) in [5, 5.41) is 2.93. The van der Waals surface area contributed by atoms with Crippen molar-refractivity contribution in [2.24, 2.45) is 7.05 Å². The molecule has 1 aliphatic rings. The molecule has 0 radical (unpaired) electrons. The van der Waals surface area contributed by atoms with Crippen molar-refractivity contribution in [3.63, 3.8) is 0 Å². The number of hydrogen-bond acceptors (Lipinski definition) is 3. The van der Waals surface area contributed by atoms with Crippen LogP contribution < -0.4 is 11.0 Å². The summed E-state index contributed by atoms with van der Waals surface area (Å²) in [7, 11) is 1.75. The number of urea groups is 1. The van der Waals surface area contributed by atoms with Crippen LogP contribution in [-0.2, 0) is 7.05 Å². The molecule has 1 aromatic carbocycles. The number of amides is 2. The summed E-state index contributed by atoms with van der Waals surface area (Å²) in [6, 6.07) is 11.2. The average molecular weight is 351 g/mol. The molecule has 1 saturated heterocycles. The van der Waals surface area contributed by atoms with Gasteiger partial charge in [0.05, 0.1) is 11.6 Å². The van der Waals surface area contributed by atoms with Crippen LogP contribution in [0.1, 0.15) is 18.0 Å². The number of carbonyl (C=O) groups excluding carboxylic acids is 1. The van der Waals surface area contributed by atoms with E-state index >= 15 is 0 Å². The molecule has 0 bridgehead atoms. The highest BCUT2D eigenvalue weighted by atomic mass is 16.2. The van der Waals surface area contributed by atoms with E-state index in [2.05, 4.69) is 10.3 Å².